The van der Waals surface area contributed by atoms with E-state index in [9.17, 15) is 9.59 Å². The van der Waals surface area contributed by atoms with E-state index in [0.29, 0.717) is 30.1 Å². The standard InChI is InChI=1S/C17H21BrN4O3/c1-17(2,3)16-19-14(25-22-16)6-4-5-13(23)20-21-15(24)11-7-9-12(18)10-8-11/h7-10H,4-6H2,1-3H3,(H,20,23)(H,21,24). The van der Waals surface area contributed by atoms with E-state index in [4.69, 9.17) is 4.52 Å². The number of carbonyl (C=O) groups is 2. The van der Waals surface area contributed by atoms with Crippen LogP contribution in [0.1, 0.15) is 55.7 Å². The zero-order valence-corrected chi connectivity index (χ0v) is 16.0. The summed E-state index contributed by atoms with van der Waals surface area (Å²) in [6, 6.07) is 6.84. The van der Waals surface area contributed by atoms with E-state index in [1.165, 1.54) is 0 Å². The van der Waals surface area contributed by atoms with Gasteiger partial charge in [-0.1, -0.05) is 41.9 Å². The molecule has 2 N–H and O–H groups in total. The van der Waals surface area contributed by atoms with Crippen LogP contribution in [0, 0.1) is 0 Å². The van der Waals surface area contributed by atoms with Crippen LogP contribution < -0.4 is 10.9 Å². The van der Waals surface area contributed by atoms with Gasteiger partial charge in [0.2, 0.25) is 11.8 Å². The van der Waals surface area contributed by atoms with E-state index < -0.39 is 0 Å². The Kier molecular flexibility index (Phi) is 6.30. The third-order valence-corrected chi connectivity index (χ3v) is 3.88. The molecule has 2 rings (SSSR count). The second-order valence-corrected chi connectivity index (χ2v) is 7.54. The summed E-state index contributed by atoms with van der Waals surface area (Å²) in [4.78, 5) is 28.0. The van der Waals surface area contributed by atoms with Crippen molar-refractivity contribution < 1.29 is 14.1 Å². The molecule has 7 nitrogen and oxygen atoms in total. The number of aryl methyl sites for hydroxylation is 1. The van der Waals surface area contributed by atoms with Crippen LogP contribution in [0.15, 0.2) is 33.3 Å². The van der Waals surface area contributed by atoms with E-state index >= 15 is 0 Å². The van der Waals surface area contributed by atoms with Gasteiger partial charge in [-0.2, -0.15) is 4.98 Å². The predicted octanol–water partition coefficient (Wildman–Crippen LogP) is 2.91. The van der Waals surface area contributed by atoms with Gasteiger partial charge in [0.05, 0.1) is 0 Å². The lowest BCUT2D eigenvalue weighted by molar-refractivity contribution is -0.121. The van der Waals surface area contributed by atoms with Gasteiger partial charge in [-0.3, -0.25) is 20.4 Å². The number of carbonyl (C=O) groups excluding carboxylic acids is 2. The molecule has 8 heteroatoms. The molecule has 0 aliphatic carbocycles. The molecule has 0 spiro atoms. The topological polar surface area (TPSA) is 97.1 Å². The van der Waals surface area contributed by atoms with Gasteiger partial charge in [-0.25, -0.2) is 0 Å². The van der Waals surface area contributed by atoms with Crippen LogP contribution in [-0.4, -0.2) is 22.0 Å². The lowest BCUT2D eigenvalue weighted by Gasteiger charge is -2.10. The van der Waals surface area contributed by atoms with Gasteiger partial charge >= 0.3 is 0 Å². The van der Waals surface area contributed by atoms with E-state index in [2.05, 4.69) is 36.9 Å². The normalized spacial score (nSPS) is 11.2. The van der Waals surface area contributed by atoms with Crippen LogP contribution in [-0.2, 0) is 16.6 Å². The molecule has 1 aromatic heterocycles. The third kappa shape index (κ3) is 5.97. The summed E-state index contributed by atoms with van der Waals surface area (Å²) in [5.74, 6) is 0.513. The maximum Gasteiger partial charge on any atom is 0.269 e. The van der Waals surface area contributed by atoms with E-state index in [1.807, 2.05) is 20.8 Å². The summed E-state index contributed by atoms with van der Waals surface area (Å²) in [6.07, 6.45) is 1.30. The van der Waals surface area contributed by atoms with Crippen LogP contribution >= 0.6 is 15.9 Å². The van der Waals surface area contributed by atoms with Gasteiger partial charge in [-0.05, 0) is 30.7 Å². The lowest BCUT2D eigenvalue weighted by Crippen LogP contribution is -2.41. The van der Waals surface area contributed by atoms with Gasteiger partial charge in [0, 0.05) is 28.3 Å². The van der Waals surface area contributed by atoms with Crippen molar-refractivity contribution in [3.8, 4) is 0 Å². The van der Waals surface area contributed by atoms with Crippen molar-refractivity contribution in [1.29, 1.82) is 0 Å². The van der Waals surface area contributed by atoms with Crippen molar-refractivity contribution in [3.63, 3.8) is 0 Å². The first-order valence-corrected chi connectivity index (χ1v) is 8.73. The number of hydrazine groups is 1. The van der Waals surface area contributed by atoms with Gasteiger partial charge in [-0.15, -0.1) is 0 Å². The first-order chi connectivity index (χ1) is 11.8. The van der Waals surface area contributed by atoms with Gasteiger partial charge in [0.25, 0.3) is 5.91 Å². The highest BCUT2D eigenvalue weighted by atomic mass is 79.9. The first-order valence-electron chi connectivity index (χ1n) is 7.93. The number of hydrogen-bond donors (Lipinski definition) is 2. The van der Waals surface area contributed by atoms with Gasteiger partial charge in [0.15, 0.2) is 5.82 Å². The van der Waals surface area contributed by atoms with Crippen LogP contribution in [0.25, 0.3) is 0 Å². The Bertz CT molecular complexity index is 735. The molecule has 2 amide bonds. The number of amides is 2. The fourth-order valence-electron chi connectivity index (χ4n) is 1.92. The molecular formula is C17H21BrN4O3. The molecule has 0 aliphatic heterocycles. The molecule has 2 aromatic rings. The molecule has 25 heavy (non-hydrogen) atoms. The predicted molar refractivity (Wildman–Crippen MR) is 95.7 cm³/mol. The summed E-state index contributed by atoms with van der Waals surface area (Å²) in [6.45, 7) is 6.01. The van der Waals surface area contributed by atoms with E-state index in [0.717, 1.165) is 4.47 Å². The monoisotopic (exact) mass is 408 g/mol. The molecule has 1 heterocycles. The lowest BCUT2D eigenvalue weighted by atomic mass is 9.96. The summed E-state index contributed by atoms with van der Waals surface area (Å²) in [7, 11) is 0. The highest BCUT2D eigenvalue weighted by Crippen LogP contribution is 2.18. The number of rotatable bonds is 5. The van der Waals surface area contributed by atoms with Crippen molar-refractivity contribution in [1.82, 2.24) is 21.0 Å². The zero-order chi connectivity index (χ0) is 18.4. The number of halogens is 1. The van der Waals surface area contributed by atoms with Crippen molar-refractivity contribution >= 4 is 27.7 Å². The second-order valence-electron chi connectivity index (χ2n) is 6.62. The van der Waals surface area contributed by atoms with Crippen molar-refractivity contribution in [2.24, 2.45) is 0 Å². The average Bonchev–Trinajstić information content (AvgIpc) is 3.02. The van der Waals surface area contributed by atoms with Crippen LogP contribution in [0.4, 0.5) is 0 Å². The number of aromatic nitrogens is 2. The molecule has 0 fully saturated rings. The average molecular weight is 409 g/mol. The summed E-state index contributed by atoms with van der Waals surface area (Å²) >= 11 is 3.30. The van der Waals surface area contributed by atoms with E-state index in [-0.39, 0.29) is 23.7 Å². The minimum Gasteiger partial charge on any atom is -0.339 e. The summed E-state index contributed by atoms with van der Waals surface area (Å²) in [5, 5.41) is 3.94. The number of nitrogens with one attached hydrogen (secondary N) is 2. The zero-order valence-electron chi connectivity index (χ0n) is 14.4. The van der Waals surface area contributed by atoms with Crippen LogP contribution in [0.5, 0.6) is 0 Å². The second kappa shape index (κ2) is 8.24. The Hall–Kier alpha value is -2.22. The molecule has 0 saturated carbocycles. The fourth-order valence-corrected chi connectivity index (χ4v) is 2.19. The van der Waals surface area contributed by atoms with Crippen molar-refractivity contribution in [2.45, 2.75) is 45.4 Å². The van der Waals surface area contributed by atoms with Crippen molar-refractivity contribution in [2.75, 3.05) is 0 Å². The highest BCUT2D eigenvalue weighted by molar-refractivity contribution is 9.10. The molecule has 1 aromatic carbocycles. The van der Waals surface area contributed by atoms with Crippen LogP contribution in [0.3, 0.4) is 0 Å². The van der Waals surface area contributed by atoms with Gasteiger partial charge in [0.1, 0.15) is 0 Å². The Balaban J connectivity index is 1.71. The van der Waals surface area contributed by atoms with Crippen molar-refractivity contribution in [3.05, 3.63) is 46.0 Å². The summed E-state index contributed by atoms with van der Waals surface area (Å²) < 4.78 is 6.05. The molecule has 0 unspecified atom stereocenters. The maximum absolute atomic E-state index is 11.9. The smallest absolute Gasteiger partial charge is 0.269 e. The molecular weight excluding hydrogens is 388 g/mol. The number of nitrogens with zero attached hydrogens (tertiary/aromatic N) is 2. The highest BCUT2D eigenvalue weighted by Gasteiger charge is 2.20. The SMILES string of the molecule is CC(C)(C)c1noc(CCCC(=O)NNC(=O)c2ccc(Br)cc2)n1. The minimum atomic E-state index is -0.368. The third-order valence-electron chi connectivity index (χ3n) is 3.36. The largest absolute Gasteiger partial charge is 0.339 e. The van der Waals surface area contributed by atoms with Gasteiger partial charge < -0.3 is 4.52 Å². The van der Waals surface area contributed by atoms with Crippen LogP contribution in [0.2, 0.25) is 0 Å². The maximum atomic E-state index is 11.9. The molecule has 0 radical (unpaired) electrons. The summed E-state index contributed by atoms with van der Waals surface area (Å²) in [5.41, 5.74) is 5.07. The molecule has 0 bridgehead atoms. The van der Waals surface area contributed by atoms with E-state index in [1.54, 1.807) is 24.3 Å². The molecule has 0 atom stereocenters. The number of benzene rings is 1. The minimum absolute atomic E-state index is 0.170. The number of hydrogen-bond acceptors (Lipinski definition) is 5. The Morgan fingerprint density at radius 2 is 1.84 bits per heavy atom. The Morgan fingerprint density at radius 1 is 1.16 bits per heavy atom. The fraction of sp³-hybridized carbons (Fsp3) is 0.412. The molecule has 0 aliphatic rings. The first kappa shape index (κ1) is 19.1. The Labute approximate surface area is 154 Å². The quantitative estimate of drug-likeness (QED) is 0.741. The molecule has 134 valence electrons. The Morgan fingerprint density at radius 3 is 2.44 bits per heavy atom. The molecule has 0 saturated heterocycles.